The molecule has 1 rings (SSSR count). The Hall–Kier alpha value is -1.63. The molecule has 98 valence electrons. The highest BCUT2D eigenvalue weighted by Crippen LogP contribution is 2.34. The summed E-state index contributed by atoms with van der Waals surface area (Å²) in [7, 11) is 1.12. The normalized spacial score (nSPS) is 10.5. The van der Waals surface area contributed by atoms with Crippen molar-refractivity contribution in [3.05, 3.63) is 33.6 Å². The SMILES string of the molecule is COC(=O)c1cc(SC(C)C)c([N+](=O)[O-])cc1F. The second kappa shape index (κ2) is 5.81. The fourth-order valence-corrected chi connectivity index (χ4v) is 2.25. The van der Waals surface area contributed by atoms with Gasteiger partial charge in [-0.1, -0.05) is 13.8 Å². The third-order valence-electron chi connectivity index (χ3n) is 2.01. The maximum atomic E-state index is 13.6. The van der Waals surface area contributed by atoms with E-state index in [1.807, 2.05) is 13.8 Å². The molecule has 0 radical (unpaired) electrons. The maximum absolute atomic E-state index is 13.6. The first-order valence-electron chi connectivity index (χ1n) is 5.09. The van der Waals surface area contributed by atoms with Crippen molar-refractivity contribution < 1.29 is 18.8 Å². The van der Waals surface area contributed by atoms with Crippen LogP contribution in [-0.2, 0) is 4.74 Å². The van der Waals surface area contributed by atoms with Crippen molar-refractivity contribution in [3.8, 4) is 0 Å². The number of nitro groups is 1. The van der Waals surface area contributed by atoms with E-state index < -0.39 is 16.7 Å². The van der Waals surface area contributed by atoms with Crippen molar-refractivity contribution in [3.63, 3.8) is 0 Å². The molecule has 0 saturated heterocycles. The molecule has 18 heavy (non-hydrogen) atoms. The number of rotatable bonds is 4. The highest BCUT2D eigenvalue weighted by Gasteiger charge is 2.23. The molecular weight excluding hydrogens is 261 g/mol. The number of carbonyl (C=O) groups is 1. The molecule has 0 aromatic heterocycles. The number of hydrogen-bond acceptors (Lipinski definition) is 5. The minimum Gasteiger partial charge on any atom is -0.465 e. The van der Waals surface area contributed by atoms with Gasteiger partial charge in [0.2, 0.25) is 0 Å². The van der Waals surface area contributed by atoms with Crippen LogP contribution in [0.5, 0.6) is 0 Å². The number of nitrogens with zero attached hydrogens (tertiary/aromatic N) is 1. The fraction of sp³-hybridized carbons (Fsp3) is 0.364. The summed E-state index contributed by atoms with van der Waals surface area (Å²) in [4.78, 5) is 21.7. The topological polar surface area (TPSA) is 69.4 Å². The predicted octanol–water partition coefficient (Wildman–Crippen LogP) is 3.02. The Labute approximate surface area is 107 Å². The Balaban J connectivity index is 3.35. The number of esters is 1. The van der Waals surface area contributed by atoms with Crippen LogP contribution >= 0.6 is 11.8 Å². The molecule has 1 aromatic carbocycles. The quantitative estimate of drug-likeness (QED) is 0.365. The Kier molecular flexibility index (Phi) is 4.66. The molecule has 0 aliphatic carbocycles. The molecule has 0 N–H and O–H groups in total. The van der Waals surface area contributed by atoms with Gasteiger partial charge in [-0.3, -0.25) is 10.1 Å². The van der Waals surface area contributed by atoms with Crippen molar-refractivity contribution in [2.24, 2.45) is 0 Å². The number of carbonyl (C=O) groups excluding carboxylic acids is 1. The fourth-order valence-electron chi connectivity index (χ4n) is 1.30. The summed E-state index contributed by atoms with van der Waals surface area (Å²) in [5, 5.41) is 10.9. The van der Waals surface area contributed by atoms with E-state index in [0.717, 1.165) is 19.2 Å². The Bertz CT molecular complexity index is 490. The zero-order valence-electron chi connectivity index (χ0n) is 10.1. The van der Waals surface area contributed by atoms with Crippen LogP contribution in [0.4, 0.5) is 10.1 Å². The van der Waals surface area contributed by atoms with Crippen molar-refractivity contribution >= 4 is 23.4 Å². The first kappa shape index (κ1) is 14.4. The molecular formula is C11H12FNO4S. The third kappa shape index (κ3) is 3.19. The summed E-state index contributed by atoms with van der Waals surface area (Å²) >= 11 is 1.19. The summed E-state index contributed by atoms with van der Waals surface area (Å²) < 4.78 is 18.0. The average Bonchev–Trinajstić information content (AvgIpc) is 2.29. The van der Waals surface area contributed by atoms with Gasteiger partial charge in [-0.05, 0) is 6.07 Å². The van der Waals surface area contributed by atoms with E-state index in [0.29, 0.717) is 0 Å². The van der Waals surface area contributed by atoms with Crippen molar-refractivity contribution in [2.45, 2.75) is 24.0 Å². The van der Waals surface area contributed by atoms with E-state index >= 15 is 0 Å². The lowest BCUT2D eigenvalue weighted by molar-refractivity contribution is -0.387. The Morgan fingerprint density at radius 1 is 1.50 bits per heavy atom. The number of benzene rings is 1. The average molecular weight is 273 g/mol. The second-order valence-corrected chi connectivity index (χ2v) is 5.33. The van der Waals surface area contributed by atoms with E-state index in [9.17, 15) is 19.3 Å². The minimum atomic E-state index is -0.957. The third-order valence-corrected chi connectivity index (χ3v) is 3.07. The summed E-state index contributed by atoms with van der Waals surface area (Å²) in [6.45, 7) is 3.69. The lowest BCUT2D eigenvalue weighted by Crippen LogP contribution is -2.06. The van der Waals surface area contributed by atoms with Crippen molar-refractivity contribution in [1.82, 2.24) is 0 Å². The molecule has 0 fully saturated rings. The molecule has 1 aromatic rings. The van der Waals surface area contributed by atoms with Gasteiger partial charge in [0.15, 0.2) is 0 Å². The van der Waals surface area contributed by atoms with Crippen LogP contribution < -0.4 is 0 Å². The number of nitro benzene ring substituents is 1. The lowest BCUT2D eigenvalue weighted by Gasteiger charge is -2.08. The number of ether oxygens (including phenoxy) is 1. The van der Waals surface area contributed by atoms with Gasteiger partial charge in [-0.2, -0.15) is 0 Å². The molecule has 0 spiro atoms. The van der Waals surface area contributed by atoms with Gasteiger partial charge < -0.3 is 4.74 Å². The van der Waals surface area contributed by atoms with E-state index in [4.69, 9.17) is 0 Å². The van der Waals surface area contributed by atoms with Crippen LogP contribution in [0.2, 0.25) is 0 Å². The predicted molar refractivity (Wildman–Crippen MR) is 65.4 cm³/mol. The highest BCUT2D eigenvalue weighted by atomic mass is 32.2. The van der Waals surface area contributed by atoms with Gasteiger partial charge in [0.05, 0.1) is 28.6 Å². The first-order valence-corrected chi connectivity index (χ1v) is 5.97. The summed E-state index contributed by atoms with van der Waals surface area (Å²) in [6.07, 6.45) is 0. The summed E-state index contributed by atoms with van der Waals surface area (Å²) in [5.41, 5.74) is -0.648. The van der Waals surface area contributed by atoms with Gasteiger partial charge in [0, 0.05) is 5.25 Å². The lowest BCUT2D eigenvalue weighted by atomic mass is 10.2. The standard InChI is InChI=1S/C11H12FNO4S/c1-6(2)18-10-4-7(11(14)17-3)8(12)5-9(10)13(15)16/h4-6H,1-3H3. The molecule has 0 atom stereocenters. The van der Waals surface area contributed by atoms with E-state index in [2.05, 4.69) is 4.74 Å². The van der Waals surface area contributed by atoms with Gasteiger partial charge in [0.1, 0.15) is 5.82 Å². The molecule has 0 bridgehead atoms. The zero-order valence-corrected chi connectivity index (χ0v) is 10.9. The number of thioether (sulfide) groups is 1. The van der Waals surface area contributed by atoms with Crippen LogP contribution in [0.25, 0.3) is 0 Å². The summed E-state index contributed by atoms with van der Waals surface area (Å²) in [6, 6.07) is 1.90. The Morgan fingerprint density at radius 2 is 2.11 bits per heavy atom. The molecule has 0 amide bonds. The van der Waals surface area contributed by atoms with Gasteiger partial charge >= 0.3 is 5.97 Å². The molecule has 0 saturated carbocycles. The molecule has 0 aliphatic heterocycles. The first-order chi connectivity index (χ1) is 8.36. The summed E-state index contributed by atoms with van der Waals surface area (Å²) in [5.74, 6) is -1.81. The maximum Gasteiger partial charge on any atom is 0.340 e. The van der Waals surface area contributed by atoms with Crippen LogP contribution in [0.3, 0.4) is 0 Å². The van der Waals surface area contributed by atoms with E-state index in [1.54, 1.807) is 0 Å². The Morgan fingerprint density at radius 3 is 2.56 bits per heavy atom. The van der Waals surface area contributed by atoms with E-state index in [-0.39, 0.29) is 21.4 Å². The second-order valence-electron chi connectivity index (χ2n) is 3.72. The van der Waals surface area contributed by atoms with Crippen molar-refractivity contribution in [2.75, 3.05) is 7.11 Å². The molecule has 5 nitrogen and oxygen atoms in total. The number of halogens is 1. The van der Waals surface area contributed by atoms with Crippen LogP contribution in [0.15, 0.2) is 17.0 Å². The van der Waals surface area contributed by atoms with E-state index in [1.165, 1.54) is 11.8 Å². The van der Waals surface area contributed by atoms with Gasteiger partial charge in [0.25, 0.3) is 5.69 Å². The number of methoxy groups -OCH3 is 1. The minimum absolute atomic E-state index is 0.0691. The molecule has 0 unspecified atom stereocenters. The number of hydrogen-bond donors (Lipinski definition) is 0. The van der Waals surface area contributed by atoms with Crippen LogP contribution in [0, 0.1) is 15.9 Å². The van der Waals surface area contributed by atoms with Gasteiger partial charge in [-0.25, -0.2) is 9.18 Å². The van der Waals surface area contributed by atoms with Crippen LogP contribution in [0.1, 0.15) is 24.2 Å². The van der Waals surface area contributed by atoms with Crippen LogP contribution in [-0.4, -0.2) is 23.3 Å². The molecule has 7 heteroatoms. The van der Waals surface area contributed by atoms with Gasteiger partial charge in [-0.15, -0.1) is 11.8 Å². The monoisotopic (exact) mass is 273 g/mol. The molecule has 0 aliphatic rings. The highest BCUT2D eigenvalue weighted by molar-refractivity contribution is 8.00. The zero-order chi connectivity index (χ0) is 13.9. The molecule has 0 heterocycles. The smallest absolute Gasteiger partial charge is 0.340 e. The van der Waals surface area contributed by atoms with Crippen molar-refractivity contribution in [1.29, 1.82) is 0 Å². The largest absolute Gasteiger partial charge is 0.465 e.